The van der Waals surface area contributed by atoms with Crippen molar-refractivity contribution in [2.75, 3.05) is 6.54 Å². The molecule has 0 rings (SSSR count). The van der Waals surface area contributed by atoms with E-state index in [0.29, 0.717) is 0 Å². The van der Waals surface area contributed by atoms with Gasteiger partial charge < -0.3 is 5.32 Å². The molecule has 2 heteroatoms. The van der Waals surface area contributed by atoms with E-state index in [-0.39, 0.29) is 5.91 Å². The molecule has 0 aliphatic carbocycles. The van der Waals surface area contributed by atoms with Gasteiger partial charge >= 0.3 is 0 Å². The predicted molar refractivity (Wildman–Crippen MR) is 135 cm³/mol. The quantitative estimate of drug-likeness (QED) is 0.145. The Morgan fingerprint density at radius 2 is 0.733 bits per heavy atom. The summed E-state index contributed by atoms with van der Waals surface area (Å²) >= 11 is 0. The summed E-state index contributed by atoms with van der Waals surface area (Å²) in [6.07, 6.45) is 32.3. The van der Waals surface area contributed by atoms with Crippen molar-refractivity contribution < 1.29 is 4.79 Å². The van der Waals surface area contributed by atoms with Gasteiger partial charge in [0, 0.05) is 13.0 Å². The van der Waals surface area contributed by atoms with Crippen LogP contribution < -0.4 is 5.32 Å². The lowest BCUT2D eigenvalue weighted by molar-refractivity contribution is -0.121. The van der Waals surface area contributed by atoms with Crippen LogP contribution in [0.5, 0.6) is 0 Å². The van der Waals surface area contributed by atoms with Crippen molar-refractivity contribution in [2.45, 2.75) is 168 Å². The van der Waals surface area contributed by atoms with E-state index in [1.54, 1.807) is 0 Å². The highest BCUT2D eigenvalue weighted by Gasteiger charge is 2.00. The summed E-state index contributed by atoms with van der Waals surface area (Å²) in [5.74, 6) is 0.258. The van der Waals surface area contributed by atoms with Crippen molar-refractivity contribution in [1.29, 1.82) is 0 Å². The second-order valence-electron chi connectivity index (χ2n) is 9.52. The molecule has 1 amide bonds. The van der Waals surface area contributed by atoms with E-state index >= 15 is 0 Å². The second-order valence-corrected chi connectivity index (χ2v) is 9.52. The van der Waals surface area contributed by atoms with Crippen molar-refractivity contribution in [2.24, 2.45) is 0 Å². The smallest absolute Gasteiger partial charge is 0.219 e. The highest BCUT2D eigenvalue weighted by Crippen LogP contribution is 2.15. The SMILES string of the molecule is CCCCCCCCCCCCCCCCCCCCCCC(=O)NCCCCC. The molecule has 0 unspecified atom stereocenters. The molecular weight excluding hydrogens is 366 g/mol. The maximum absolute atomic E-state index is 11.7. The zero-order valence-electron chi connectivity index (χ0n) is 21.1. The van der Waals surface area contributed by atoms with Gasteiger partial charge in [-0.1, -0.05) is 149 Å². The normalized spacial score (nSPS) is 11.1. The minimum absolute atomic E-state index is 0.258. The van der Waals surface area contributed by atoms with Gasteiger partial charge in [-0.05, 0) is 12.8 Å². The lowest BCUT2D eigenvalue weighted by atomic mass is 10.0. The van der Waals surface area contributed by atoms with Crippen LogP contribution in [-0.2, 0) is 4.79 Å². The van der Waals surface area contributed by atoms with Gasteiger partial charge in [0.1, 0.15) is 0 Å². The van der Waals surface area contributed by atoms with Crippen LogP contribution in [0.3, 0.4) is 0 Å². The average Bonchev–Trinajstić information content (AvgIpc) is 2.75. The van der Waals surface area contributed by atoms with Crippen molar-refractivity contribution >= 4 is 5.91 Å². The van der Waals surface area contributed by atoms with E-state index in [1.165, 1.54) is 135 Å². The number of carbonyl (C=O) groups is 1. The lowest BCUT2D eigenvalue weighted by Gasteiger charge is -2.05. The van der Waals surface area contributed by atoms with Crippen molar-refractivity contribution in [1.82, 2.24) is 5.32 Å². The van der Waals surface area contributed by atoms with E-state index in [9.17, 15) is 4.79 Å². The molecule has 0 bridgehead atoms. The predicted octanol–water partition coefficient (Wildman–Crippen LogP) is 9.50. The first-order valence-corrected chi connectivity index (χ1v) is 14.1. The van der Waals surface area contributed by atoms with Crippen LogP contribution in [0.1, 0.15) is 168 Å². The Balaban J connectivity index is 3.07. The molecule has 0 fully saturated rings. The maximum atomic E-state index is 11.7. The minimum atomic E-state index is 0.258. The van der Waals surface area contributed by atoms with E-state index < -0.39 is 0 Å². The van der Waals surface area contributed by atoms with Crippen LogP contribution in [0.4, 0.5) is 0 Å². The summed E-state index contributed by atoms with van der Waals surface area (Å²) in [6, 6.07) is 0. The summed E-state index contributed by atoms with van der Waals surface area (Å²) in [7, 11) is 0. The third-order valence-corrected chi connectivity index (χ3v) is 6.36. The molecule has 0 aliphatic rings. The van der Waals surface area contributed by atoms with Gasteiger partial charge in [-0.2, -0.15) is 0 Å². The highest BCUT2D eigenvalue weighted by molar-refractivity contribution is 5.75. The van der Waals surface area contributed by atoms with Gasteiger partial charge in [0.25, 0.3) is 0 Å². The molecule has 180 valence electrons. The average molecular weight is 424 g/mol. The summed E-state index contributed by atoms with van der Waals surface area (Å²) < 4.78 is 0. The van der Waals surface area contributed by atoms with Crippen LogP contribution in [0, 0.1) is 0 Å². The van der Waals surface area contributed by atoms with Crippen molar-refractivity contribution in [3.05, 3.63) is 0 Å². The molecule has 0 spiro atoms. The van der Waals surface area contributed by atoms with Gasteiger partial charge in [0.05, 0.1) is 0 Å². The minimum Gasteiger partial charge on any atom is -0.356 e. The molecular formula is C28H57NO. The maximum Gasteiger partial charge on any atom is 0.219 e. The van der Waals surface area contributed by atoms with E-state index in [1.807, 2.05) is 0 Å². The molecule has 0 saturated heterocycles. The summed E-state index contributed by atoms with van der Waals surface area (Å²) in [6.45, 7) is 5.36. The molecule has 0 aromatic carbocycles. The molecule has 0 aromatic heterocycles. The van der Waals surface area contributed by atoms with Crippen LogP contribution in [-0.4, -0.2) is 12.5 Å². The number of rotatable bonds is 25. The first-order chi connectivity index (χ1) is 14.8. The summed E-state index contributed by atoms with van der Waals surface area (Å²) in [4.78, 5) is 11.7. The first-order valence-electron chi connectivity index (χ1n) is 14.1. The monoisotopic (exact) mass is 423 g/mol. The van der Waals surface area contributed by atoms with Crippen molar-refractivity contribution in [3.63, 3.8) is 0 Å². The van der Waals surface area contributed by atoms with Gasteiger partial charge in [-0.25, -0.2) is 0 Å². The fourth-order valence-electron chi connectivity index (χ4n) is 4.23. The van der Waals surface area contributed by atoms with E-state index in [2.05, 4.69) is 19.2 Å². The molecule has 0 heterocycles. The van der Waals surface area contributed by atoms with E-state index in [0.717, 1.165) is 25.8 Å². The Hall–Kier alpha value is -0.530. The van der Waals surface area contributed by atoms with Gasteiger partial charge in [0.15, 0.2) is 0 Å². The molecule has 0 aromatic rings. The molecule has 0 radical (unpaired) electrons. The number of nitrogens with one attached hydrogen (secondary N) is 1. The number of carbonyl (C=O) groups excluding carboxylic acids is 1. The standard InChI is InChI=1S/C28H57NO/c1-3-5-7-8-9-10-11-12-13-14-15-16-17-18-19-20-21-22-23-24-26-28(30)29-27-25-6-4-2/h3-27H2,1-2H3,(H,29,30). The fraction of sp³-hybridized carbons (Fsp3) is 0.964. The Morgan fingerprint density at radius 1 is 0.433 bits per heavy atom. The third-order valence-electron chi connectivity index (χ3n) is 6.36. The highest BCUT2D eigenvalue weighted by atomic mass is 16.1. The van der Waals surface area contributed by atoms with Gasteiger partial charge in [-0.3, -0.25) is 4.79 Å². The fourth-order valence-corrected chi connectivity index (χ4v) is 4.23. The Kier molecular flexibility index (Phi) is 26.0. The van der Waals surface area contributed by atoms with Gasteiger partial charge in [-0.15, -0.1) is 0 Å². The van der Waals surface area contributed by atoms with Crippen molar-refractivity contribution in [3.8, 4) is 0 Å². The Bertz CT molecular complexity index is 329. The molecule has 1 N–H and O–H groups in total. The molecule has 30 heavy (non-hydrogen) atoms. The first kappa shape index (κ1) is 29.5. The topological polar surface area (TPSA) is 29.1 Å². The number of hydrogen-bond donors (Lipinski definition) is 1. The lowest BCUT2D eigenvalue weighted by Crippen LogP contribution is -2.23. The molecule has 2 nitrogen and oxygen atoms in total. The number of unbranched alkanes of at least 4 members (excludes halogenated alkanes) is 21. The zero-order chi connectivity index (χ0) is 22.0. The Labute approximate surface area is 190 Å². The summed E-state index contributed by atoms with van der Waals surface area (Å²) in [5.41, 5.74) is 0. The molecule has 0 atom stereocenters. The zero-order valence-corrected chi connectivity index (χ0v) is 21.1. The van der Waals surface area contributed by atoms with E-state index in [4.69, 9.17) is 0 Å². The largest absolute Gasteiger partial charge is 0.356 e. The number of hydrogen-bond acceptors (Lipinski definition) is 1. The third kappa shape index (κ3) is 25.5. The number of amides is 1. The van der Waals surface area contributed by atoms with Crippen LogP contribution >= 0.6 is 0 Å². The van der Waals surface area contributed by atoms with Gasteiger partial charge in [0.2, 0.25) is 5.91 Å². The summed E-state index contributed by atoms with van der Waals surface area (Å²) in [5, 5.41) is 3.04. The second kappa shape index (κ2) is 26.5. The van der Waals surface area contributed by atoms with Crippen LogP contribution in [0.25, 0.3) is 0 Å². The van der Waals surface area contributed by atoms with Crippen LogP contribution in [0.15, 0.2) is 0 Å². The molecule has 0 saturated carbocycles. The van der Waals surface area contributed by atoms with Crippen LogP contribution in [0.2, 0.25) is 0 Å². The Morgan fingerprint density at radius 3 is 1.10 bits per heavy atom. The molecule has 0 aliphatic heterocycles.